The minimum absolute atomic E-state index is 0.0521. The first-order valence-electron chi connectivity index (χ1n) is 15.5. The molecule has 0 heterocycles. The Morgan fingerprint density at radius 1 is 0.833 bits per heavy atom. The summed E-state index contributed by atoms with van der Waals surface area (Å²) in [6, 6.07) is 26.3. The van der Waals surface area contributed by atoms with Crippen LogP contribution >= 0.6 is 15.9 Å². The van der Waals surface area contributed by atoms with Crippen LogP contribution in [0.5, 0.6) is 0 Å². The summed E-state index contributed by atoms with van der Waals surface area (Å²) in [6.45, 7) is -0.902. The van der Waals surface area contributed by atoms with E-state index in [0.717, 1.165) is 47.9 Å². The molecule has 1 N–H and O–H groups in total. The first-order valence-corrected chi connectivity index (χ1v) is 17.8. The summed E-state index contributed by atoms with van der Waals surface area (Å²) < 4.78 is 71.0. The number of benzene rings is 4. The van der Waals surface area contributed by atoms with Crippen molar-refractivity contribution in [2.45, 2.75) is 61.8 Å². The molecule has 1 aliphatic carbocycles. The number of hydrogen-bond acceptors (Lipinski definition) is 4. The van der Waals surface area contributed by atoms with Crippen LogP contribution in [0.25, 0.3) is 0 Å². The number of carbonyl (C=O) groups excluding carboxylic acids is 2. The molecule has 0 saturated heterocycles. The predicted molar refractivity (Wildman–Crippen MR) is 181 cm³/mol. The standard InChI is InChI=1S/C36H35BrF3N3O4S/c37-29-20-18-27(19-21-29)24-42(33(22-26-10-3-1-4-11-26)35(45)41-30-13-7-8-14-30)34(44)25-43(48(46,47)32-16-5-2-6-17-32)31-15-9-12-28(23-31)36(38,39)40/h1-6,9-12,15-21,23,30,33H,7-8,13-14,22,24-25H2,(H,41,45)/t33-/m1/s1. The molecule has 4 aromatic carbocycles. The molecule has 0 spiro atoms. The van der Waals surface area contributed by atoms with E-state index in [1.165, 1.54) is 35.2 Å². The van der Waals surface area contributed by atoms with Crippen LogP contribution in [-0.2, 0) is 38.8 Å². The zero-order chi connectivity index (χ0) is 34.3. The normalized spacial score (nSPS) is 14.3. The highest BCUT2D eigenvalue weighted by molar-refractivity contribution is 9.10. The number of rotatable bonds is 12. The number of sulfonamides is 1. The lowest BCUT2D eigenvalue weighted by Crippen LogP contribution is -2.54. The zero-order valence-corrected chi connectivity index (χ0v) is 28.3. The van der Waals surface area contributed by atoms with Crippen LogP contribution in [0.1, 0.15) is 42.4 Å². The maximum Gasteiger partial charge on any atom is 0.416 e. The van der Waals surface area contributed by atoms with Gasteiger partial charge < -0.3 is 10.2 Å². The van der Waals surface area contributed by atoms with E-state index in [1.54, 1.807) is 30.3 Å². The van der Waals surface area contributed by atoms with Gasteiger partial charge in [0.2, 0.25) is 11.8 Å². The van der Waals surface area contributed by atoms with Crippen LogP contribution in [0, 0.1) is 0 Å². The molecule has 5 rings (SSSR count). The molecule has 0 aromatic heterocycles. The average Bonchev–Trinajstić information content (AvgIpc) is 3.59. The highest BCUT2D eigenvalue weighted by Gasteiger charge is 2.37. The second-order valence-electron chi connectivity index (χ2n) is 11.7. The van der Waals surface area contributed by atoms with Crippen LogP contribution in [0.4, 0.5) is 18.9 Å². The van der Waals surface area contributed by atoms with Gasteiger partial charge in [0, 0.05) is 23.5 Å². The molecule has 1 atom stereocenters. The number of nitrogens with one attached hydrogen (secondary N) is 1. The lowest BCUT2D eigenvalue weighted by atomic mass is 10.0. The number of carbonyl (C=O) groups is 2. The molecule has 0 aliphatic heterocycles. The Balaban J connectivity index is 1.59. The Bertz CT molecular complexity index is 1800. The smallest absolute Gasteiger partial charge is 0.352 e. The number of anilines is 1. The Morgan fingerprint density at radius 3 is 2.08 bits per heavy atom. The largest absolute Gasteiger partial charge is 0.416 e. The minimum atomic E-state index is -4.76. The second-order valence-corrected chi connectivity index (χ2v) is 14.5. The van der Waals surface area contributed by atoms with Gasteiger partial charge in [-0.15, -0.1) is 0 Å². The number of alkyl halides is 3. The summed E-state index contributed by atoms with van der Waals surface area (Å²) in [4.78, 5) is 29.7. The second kappa shape index (κ2) is 15.4. The topological polar surface area (TPSA) is 86.8 Å². The van der Waals surface area contributed by atoms with Gasteiger partial charge in [-0.25, -0.2) is 8.42 Å². The Labute approximate surface area is 286 Å². The summed E-state index contributed by atoms with van der Waals surface area (Å²) >= 11 is 3.41. The summed E-state index contributed by atoms with van der Waals surface area (Å²) in [5.41, 5.74) is 0.0603. The maximum absolute atomic E-state index is 14.5. The molecule has 1 fully saturated rings. The van der Waals surface area contributed by atoms with Gasteiger partial charge in [-0.3, -0.25) is 13.9 Å². The van der Waals surface area contributed by atoms with Crippen molar-refractivity contribution in [1.29, 1.82) is 0 Å². The molecule has 4 aromatic rings. The van der Waals surface area contributed by atoms with Crippen molar-refractivity contribution >= 4 is 43.5 Å². The van der Waals surface area contributed by atoms with Crippen LogP contribution < -0.4 is 9.62 Å². The molecular formula is C36H35BrF3N3O4S. The number of nitrogens with zero attached hydrogens (tertiary/aromatic N) is 2. The van der Waals surface area contributed by atoms with Crippen molar-refractivity contribution in [3.05, 3.63) is 130 Å². The quantitative estimate of drug-likeness (QED) is 0.165. The molecule has 12 heteroatoms. The zero-order valence-electron chi connectivity index (χ0n) is 25.9. The van der Waals surface area contributed by atoms with Crippen molar-refractivity contribution in [3.63, 3.8) is 0 Å². The van der Waals surface area contributed by atoms with Gasteiger partial charge in [-0.2, -0.15) is 13.2 Å². The highest BCUT2D eigenvalue weighted by Crippen LogP contribution is 2.33. The van der Waals surface area contributed by atoms with Crippen molar-refractivity contribution in [1.82, 2.24) is 10.2 Å². The van der Waals surface area contributed by atoms with Gasteiger partial charge in [-0.1, -0.05) is 95.5 Å². The third kappa shape index (κ3) is 8.84. The molecule has 0 bridgehead atoms. The van der Waals surface area contributed by atoms with Crippen LogP contribution in [-0.4, -0.2) is 43.8 Å². The van der Waals surface area contributed by atoms with E-state index < -0.39 is 40.3 Å². The van der Waals surface area contributed by atoms with E-state index in [4.69, 9.17) is 0 Å². The van der Waals surface area contributed by atoms with E-state index in [0.29, 0.717) is 15.9 Å². The number of amides is 2. The van der Waals surface area contributed by atoms with E-state index in [-0.39, 0.29) is 35.5 Å². The summed E-state index contributed by atoms with van der Waals surface area (Å²) in [7, 11) is -4.54. The molecule has 1 aliphatic rings. The van der Waals surface area contributed by atoms with Gasteiger partial charge in [0.15, 0.2) is 0 Å². The molecule has 1 saturated carbocycles. The minimum Gasteiger partial charge on any atom is -0.352 e. The third-order valence-corrected chi connectivity index (χ3v) is 10.6. The molecule has 2 amide bonds. The monoisotopic (exact) mass is 741 g/mol. The van der Waals surface area contributed by atoms with Crippen molar-refractivity contribution in [3.8, 4) is 0 Å². The average molecular weight is 743 g/mol. The molecule has 0 unspecified atom stereocenters. The third-order valence-electron chi connectivity index (χ3n) is 8.31. The lowest BCUT2D eigenvalue weighted by molar-refractivity contribution is -0.140. The first kappa shape index (κ1) is 35.2. The fraction of sp³-hybridized carbons (Fsp3) is 0.278. The predicted octanol–water partition coefficient (Wildman–Crippen LogP) is 7.36. The fourth-order valence-electron chi connectivity index (χ4n) is 5.79. The van der Waals surface area contributed by atoms with E-state index in [1.807, 2.05) is 30.3 Å². The molecule has 7 nitrogen and oxygen atoms in total. The first-order chi connectivity index (χ1) is 22.9. The van der Waals surface area contributed by atoms with Gasteiger partial charge in [0.25, 0.3) is 10.0 Å². The van der Waals surface area contributed by atoms with Gasteiger partial charge in [0.05, 0.1) is 16.1 Å². The van der Waals surface area contributed by atoms with Gasteiger partial charge in [-0.05, 0) is 66.4 Å². The van der Waals surface area contributed by atoms with Crippen molar-refractivity contribution in [2.24, 2.45) is 0 Å². The lowest BCUT2D eigenvalue weighted by Gasteiger charge is -2.34. The highest BCUT2D eigenvalue weighted by atomic mass is 79.9. The summed E-state index contributed by atoms with van der Waals surface area (Å²) in [5, 5.41) is 3.10. The van der Waals surface area contributed by atoms with Crippen LogP contribution in [0.3, 0.4) is 0 Å². The van der Waals surface area contributed by atoms with Crippen molar-refractivity contribution in [2.75, 3.05) is 10.8 Å². The fourth-order valence-corrected chi connectivity index (χ4v) is 7.49. The van der Waals surface area contributed by atoms with E-state index in [2.05, 4.69) is 21.2 Å². The van der Waals surface area contributed by atoms with E-state index in [9.17, 15) is 31.2 Å². The molecular weight excluding hydrogens is 707 g/mol. The maximum atomic E-state index is 14.5. The Morgan fingerprint density at radius 2 is 1.46 bits per heavy atom. The van der Waals surface area contributed by atoms with Gasteiger partial charge in [0.1, 0.15) is 12.6 Å². The Kier molecular flexibility index (Phi) is 11.3. The van der Waals surface area contributed by atoms with Crippen LogP contribution in [0.2, 0.25) is 0 Å². The molecule has 48 heavy (non-hydrogen) atoms. The SMILES string of the molecule is O=C(NC1CCCC1)[C@@H](Cc1ccccc1)N(Cc1ccc(Br)cc1)C(=O)CN(c1cccc(C(F)(F)F)c1)S(=O)(=O)c1ccccc1. The Hall–Kier alpha value is -4.16. The summed E-state index contributed by atoms with van der Waals surface area (Å²) in [6.07, 6.45) is -1.06. The summed E-state index contributed by atoms with van der Waals surface area (Å²) in [5.74, 6) is -1.13. The molecule has 0 radical (unpaired) electrons. The number of hydrogen-bond donors (Lipinski definition) is 1. The number of halogens is 4. The van der Waals surface area contributed by atoms with Gasteiger partial charge >= 0.3 is 6.18 Å². The van der Waals surface area contributed by atoms with E-state index >= 15 is 0 Å². The molecule has 252 valence electrons. The van der Waals surface area contributed by atoms with Crippen LogP contribution in [0.15, 0.2) is 119 Å². The van der Waals surface area contributed by atoms with Crippen molar-refractivity contribution < 1.29 is 31.2 Å².